The van der Waals surface area contributed by atoms with Crippen LogP contribution in [0.4, 0.5) is 0 Å². The molecule has 1 fully saturated rings. The van der Waals surface area contributed by atoms with Crippen molar-refractivity contribution in [1.82, 2.24) is 9.78 Å². The summed E-state index contributed by atoms with van der Waals surface area (Å²) in [6.07, 6.45) is 9.70. The number of carbonyl (C=O) groups excluding carboxylic acids is 1. The molecule has 1 aromatic rings. The molecule has 0 unspecified atom stereocenters. The molecule has 4 heteroatoms. The van der Waals surface area contributed by atoms with Gasteiger partial charge in [0.05, 0.1) is 11.8 Å². The van der Waals surface area contributed by atoms with E-state index in [4.69, 9.17) is 4.74 Å². The minimum Gasteiger partial charge on any atom is -0.370 e. The molecule has 100 valence electrons. The lowest BCUT2D eigenvalue weighted by Crippen LogP contribution is -2.40. The van der Waals surface area contributed by atoms with Gasteiger partial charge in [-0.1, -0.05) is 25.7 Å². The number of methoxy groups -OCH3 is 1. The van der Waals surface area contributed by atoms with E-state index in [1.54, 1.807) is 18.0 Å². The van der Waals surface area contributed by atoms with E-state index in [0.29, 0.717) is 5.56 Å². The number of carbonyl (C=O) groups is 1. The smallest absolute Gasteiger partial charge is 0.197 e. The Bertz CT molecular complexity index is 404. The van der Waals surface area contributed by atoms with Gasteiger partial charge < -0.3 is 4.74 Å². The van der Waals surface area contributed by atoms with E-state index in [1.807, 2.05) is 13.1 Å². The third kappa shape index (κ3) is 2.48. The van der Waals surface area contributed by atoms with Gasteiger partial charge in [0.2, 0.25) is 0 Å². The van der Waals surface area contributed by atoms with E-state index < -0.39 is 5.60 Å². The third-order valence-corrected chi connectivity index (χ3v) is 3.94. The number of ether oxygens (including phenoxy) is 1. The molecule has 2 rings (SSSR count). The highest BCUT2D eigenvalue weighted by Crippen LogP contribution is 2.33. The number of hydrogen-bond donors (Lipinski definition) is 0. The van der Waals surface area contributed by atoms with E-state index in [1.165, 1.54) is 12.8 Å². The van der Waals surface area contributed by atoms with Crippen molar-refractivity contribution in [1.29, 1.82) is 0 Å². The van der Waals surface area contributed by atoms with Crippen LogP contribution in [-0.4, -0.2) is 28.3 Å². The molecule has 0 aliphatic heterocycles. The van der Waals surface area contributed by atoms with Gasteiger partial charge in [-0.3, -0.25) is 9.48 Å². The van der Waals surface area contributed by atoms with Crippen molar-refractivity contribution in [3.8, 4) is 0 Å². The molecule has 0 radical (unpaired) electrons. The number of ketones is 1. The van der Waals surface area contributed by atoms with Crippen LogP contribution in [0.15, 0.2) is 12.4 Å². The lowest BCUT2D eigenvalue weighted by atomic mass is 9.87. The molecule has 1 aliphatic carbocycles. The third-order valence-electron chi connectivity index (χ3n) is 3.94. The topological polar surface area (TPSA) is 44.1 Å². The molecule has 0 saturated heterocycles. The summed E-state index contributed by atoms with van der Waals surface area (Å²) in [5.41, 5.74) is 0.0681. The summed E-state index contributed by atoms with van der Waals surface area (Å²) in [6, 6.07) is 0. The van der Waals surface area contributed by atoms with Gasteiger partial charge in [0, 0.05) is 19.9 Å². The van der Waals surface area contributed by atoms with Crippen LogP contribution < -0.4 is 0 Å². The average Bonchev–Trinajstić information content (AvgIpc) is 2.75. The Morgan fingerprint density at radius 1 is 1.39 bits per heavy atom. The van der Waals surface area contributed by atoms with Crippen molar-refractivity contribution in [2.24, 2.45) is 0 Å². The maximum Gasteiger partial charge on any atom is 0.197 e. The highest BCUT2D eigenvalue weighted by atomic mass is 16.5. The van der Waals surface area contributed by atoms with E-state index in [0.717, 1.165) is 32.2 Å². The minimum absolute atomic E-state index is 0.103. The summed E-state index contributed by atoms with van der Waals surface area (Å²) < 4.78 is 7.42. The van der Waals surface area contributed by atoms with E-state index in [-0.39, 0.29) is 5.78 Å². The summed E-state index contributed by atoms with van der Waals surface area (Å²) in [5, 5.41) is 4.18. The van der Waals surface area contributed by atoms with Gasteiger partial charge in [-0.2, -0.15) is 5.10 Å². The van der Waals surface area contributed by atoms with Crippen molar-refractivity contribution in [3.05, 3.63) is 18.0 Å². The van der Waals surface area contributed by atoms with Crippen LogP contribution in [0.25, 0.3) is 0 Å². The number of aromatic nitrogens is 2. The predicted octanol–water partition coefficient (Wildman–Crippen LogP) is 2.83. The molecule has 1 heterocycles. The van der Waals surface area contributed by atoms with Crippen LogP contribution in [0, 0.1) is 0 Å². The van der Waals surface area contributed by atoms with Gasteiger partial charge in [-0.05, 0) is 19.8 Å². The zero-order chi connectivity index (χ0) is 13.0. The Labute approximate surface area is 108 Å². The van der Waals surface area contributed by atoms with Gasteiger partial charge in [-0.15, -0.1) is 0 Å². The number of hydrogen-bond acceptors (Lipinski definition) is 3. The molecule has 0 spiro atoms. The van der Waals surface area contributed by atoms with Crippen molar-refractivity contribution >= 4 is 5.78 Å². The van der Waals surface area contributed by atoms with Crippen LogP contribution in [-0.2, 0) is 11.3 Å². The molecule has 0 aromatic carbocycles. The zero-order valence-corrected chi connectivity index (χ0v) is 11.3. The molecule has 1 saturated carbocycles. The van der Waals surface area contributed by atoms with Crippen molar-refractivity contribution in [2.75, 3.05) is 7.11 Å². The van der Waals surface area contributed by atoms with Crippen LogP contribution >= 0.6 is 0 Å². The second kappa shape index (κ2) is 5.65. The van der Waals surface area contributed by atoms with Gasteiger partial charge in [0.25, 0.3) is 0 Å². The molecule has 0 bridgehead atoms. The van der Waals surface area contributed by atoms with Crippen molar-refractivity contribution in [2.45, 2.75) is 57.6 Å². The lowest BCUT2D eigenvalue weighted by Gasteiger charge is -2.29. The van der Waals surface area contributed by atoms with Gasteiger partial charge in [-0.25, -0.2) is 0 Å². The second-order valence-corrected chi connectivity index (χ2v) is 5.03. The van der Waals surface area contributed by atoms with E-state index in [2.05, 4.69) is 5.10 Å². The van der Waals surface area contributed by atoms with Crippen LogP contribution in [0.2, 0.25) is 0 Å². The Hall–Kier alpha value is -1.16. The highest BCUT2D eigenvalue weighted by molar-refractivity contribution is 6.02. The van der Waals surface area contributed by atoms with Gasteiger partial charge in [0.15, 0.2) is 5.78 Å². The summed E-state index contributed by atoms with van der Waals surface area (Å²) in [7, 11) is 1.66. The molecule has 1 aliphatic rings. The maximum absolute atomic E-state index is 12.7. The fraction of sp³-hybridized carbons (Fsp3) is 0.714. The summed E-state index contributed by atoms with van der Waals surface area (Å²) in [6.45, 7) is 2.80. The predicted molar refractivity (Wildman–Crippen MR) is 69.7 cm³/mol. The first kappa shape index (κ1) is 13.3. The molecule has 4 nitrogen and oxygen atoms in total. The van der Waals surface area contributed by atoms with Crippen LogP contribution in [0.3, 0.4) is 0 Å². The molecule has 0 N–H and O–H groups in total. The molecular formula is C14H22N2O2. The van der Waals surface area contributed by atoms with Gasteiger partial charge >= 0.3 is 0 Å². The SMILES string of the molecule is CCn1cc(C(=O)C2(OC)CCCCCC2)cn1. The van der Waals surface area contributed by atoms with Crippen LogP contribution in [0.1, 0.15) is 55.8 Å². The number of aryl methyl sites for hydroxylation is 1. The average molecular weight is 250 g/mol. The first-order valence-corrected chi connectivity index (χ1v) is 6.84. The summed E-state index contributed by atoms with van der Waals surface area (Å²) >= 11 is 0. The first-order valence-electron chi connectivity index (χ1n) is 6.84. The second-order valence-electron chi connectivity index (χ2n) is 5.03. The quantitative estimate of drug-likeness (QED) is 0.609. The number of Topliss-reactive ketones (excluding diaryl/α,β-unsaturated/α-hetero) is 1. The molecular weight excluding hydrogens is 228 g/mol. The van der Waals surface area contributed by atoms with Crippen LogP contribution in [0.5, 0.6) is 0 Å². The molecule has 18 heavy (non-hydrogen) atoms. The minimum atomic E-state index is -0.613. The standard InChI is InChI=1S/C14H22N2O2/c1-3-16-11-12(10-15-16)13(17)14(18-2)8-6-4-5-7-9-14/h10-11H,3-9H2,1-2H3. The fourth-order valence-corrected chi connectivity index (χ4v) is 2.74. The molecule has 1 aromatic heterocycles. The summed E-state index contributed by atoms with van der Waals surface area (Å²) in [4.78, 5) is 12.7. The van der Waals surface area contributed by atoms with E-state index in [9.17, 15) is 4.79 Å². The van der Waals surface area contributed by atoms with Crippen molar-refractivity contribution in [3.63, 3.8) is 0 Å². The number of nitrogens with zero attached hydrogens (tertiary/aromatic N) is 2. The monoisotopic (exact) mass is 250 g/mol. The molecule has 0 amide bonds. The normalized spacial score (nSPS) is 19.4. The molecule has 0 atom stereocenters. The highest BCUT2D eigenvalue weighted by Gasteiger charge is 2.39. The Kier molecular flexibility index (Phi) is 4.17. The summed E-state index contributed by atoms with van der Waals surface area (Å²) in [5.74, 6) is 0.103. The fourth-order valence-electron chi connectivity index (χ4n) is 2.74. The maximum atomic E-state index is 12.7. The largest absolute Gasteiger partial charge is 0.370 e. The van der Waals surface area contributed by atoms with Gasteiger partial charge in [0.1, 0.15) is 5.60 Å². The Morgan fingerprint density at radius 3 is 2.56 bits per heavy atom. The van der Waals surface area contributed by atoms with E-state index >= 15 is 0 Å². The first-order chi connectivity index (χ1) is 8.72. The van der Waals surface area contributed by atoms with Crippen molar-refractivity contribution < 1.29 is 9.53 Å². The lowest BCUT2D eigenvalue weighted by molar-refractivity contribution is -0.00692. The zero-order valence-electron chi connectivity index (χ0n) is 11.3. The Morgan fingerprint density at radius 2 is 2.06 bits per heavy atom. The Balaban J connectivity index is 2.22. The number of rotatable bonds is 4.